The average molecular weight is 405 g/mol. The lowest BCUT2D eigenvalue weighted by Gasteiger charge is -2.40. The van der Waals surface area contributed by atoms with Crippen LogP contribution in [0.2, 0.25) is 0 Å². The first kappa shape index (κ1) is 18.3. The molecule has 0 unspecified atom stereocenters. The molecule has 31 heavy (non-hydrogen) atoms. The van der Waals surface area contributed by atoms with E-state index in [1.807, 2.05) is 24.3 Å². The van der Waals surface area contributed by atoms with Crippen molar-refractivity contribution in [2.45, 2.75) is 32.2 Å². The Bertz CT molecular complexity index is 1320. The van der Waals surface area contributed by atoms with Gasteiger partial charge in [-0.1, -0.05) is 60.2 Å². The molecule has 3 aromatic carbocycles. The van der Waals surface area contributed by atoms with Crippen molar-refractivity contribution in [2.24, 2.45) is 5.92 Å². The molecule has 1 aliphatic heterocycles. The fourth-order valence-corrected chi connectivity index (χ4v) is 5.69. The summed E-state index contributed by atoms with van der Waals surface area (Å²) in [7, 11) is 0. The Morgan fingerprint density at radius 3 is 2.45 bits per heavy atom. The molecule has 6 rings (SSSR count). The Labute approximate surface area is 181 Å². The Kier molecular flexibility index (Phi) is 3.85. The van der Waals surface area contributed by atoms with Gasteiger partial charge in [0.05, 0.1) is 6.04 Å². The summed E-state index contributed by atoms with van der Waals surface area (Å²) < 4.78 is 0. The summed E-state index contributed by atoms with van der Waals surface area (Å²) in [5.41, 5.74) is 7.95. The van der Waals surface area contributed by atoms with Crippen LogP contribution in [-0.2, 0) is 0 Å². The van der Waals surface area contributed by atoms with Gasteiger partial charge in [0.2, 0.25) is 0 Å². The molecule has 0 spiro atoms. The SMILES string of the molecule is Cc1ccc(C)c([C@@H]2Nc3ccc4c(c3[C@@H]3C=CC[C@@H]32)C(=O)c2ccccc2C4=O)c1. The predicted octanol–water partition coefficient (Wildman–Crippen LogP) is 5.91. The van der Waals surface area contributed by atoms with E-state index in [0.29, 0.717) is 28.2 Å². The summed E-state index contributed by atoms with van der Waals surface area (Å²) in [4.78, 5) is 26.8. The molecule has 0 saturated carbocycles. The molecule has 0 amide bonds. The van der Waals surface area contributed by atoms with Gasteiger partial charge in [-0.25, -0.2) is 0 Å². The fraction of sp³-hybridized carbons (Fsp3) is 0.214. The van der Waals surface area contributed by atoms with Gasteiger partial charge in [0.25, 0.3) is 0 Å². The first-order chi connectivity index (χ1) is 15.0. The van der Waals surface area contributed by atoms with Gasteiger partial charge >= 0.3 is 0 Å². The highest BCUT2D eigenvalue weighted by molar-refractivity contribution is 6.29. The maximum Gasteiger partial charge on any atom is 0.194 e. The minimum Gasteiger partial charge on any atom is -0.378 e. The van der Waals surface area contributed by atoms with Gasteiger partial charge < -0.3 is 5.32 Å². The smallest absolute Gasteiger partial charge is 0.194 e. The van der Waals surface area contributed by atoms with Gasteiger partial charge in [0.15, 0.2) is 11.6 Å². The highest BCUT2D eigenvalue weighted by atomic mass is 16.1. The third-order valence-electron chi connectivity index (χ3n) is 7.19. The molecule has 152 valence electrons. The summed E-state index contributed by atoms with van der Waals surface area (Å²) in [6.45, 7) is 4.29. The number of rotatable bonds is 1. The molecule has 1 N–H and O–H groups in total. The van der Waals surface area contributed by atoms with Gasteiger partial charge in [0, 0.05) is 33.9 Å². The highest BCUT2D eigenvalue weighted by Crippen LogP contribution is 2.52. The second-order valence-corrected chi connectivity index (χ2v) is 8.99. The molecule has 1 heterocycles. The van der Waals surface area contributed by atoms with Crippen LogP contribution in [0.25, 0.3) is 0 Å². The highest BCUT2D eigenvalue weighted by Gasteiger charge is 2.43. The van der Waals surface area contributed by atoms with Crippen LogP contribution in [0, 0.1) is 19.8 Å². The van der Waals surface area contributed by atoms with Gasteiger partial charge in [0.1, 0.15) is 0 Å². The number of fused-ring (bicyclic) bond motifs is 6. The number of aryl methyl sites for hydroxylation is 2. The van der Waals surface area contributed by atoms with Crippen LogP contribution in [0.1, 0.15) is 72.5 Å². The number of carbonyl (C=O) groups excluding carboxylic acids is 2. The lowest BCUT2D eigenvalue weighted by Crippen LogP contribution is -2.33. The molecular weight excluding hydrogens is 382 g/mol. The Morgan fingerprint density at radius 2 is 1.65 bits per heavy atom. The zero-order chi connectivity index (χ0) is 21.3. The van der Waals surface area contributed by atoms with Crippen LogP contribution in [0.15, 0.2) is 66.7 Å². The molecule has 0 radical (unpaired) electrons. The predicted molar refractivity (Wildman–Crippen MR) is 122 cm³/mol. The van der Waals surface area contributed by atoms with Crippen LogP contribution in [0.5, 0.6) is 0 Å². The van der Waals surface area contributed by atoms with E-state index in [0.717, 1.165) is 17.7 Å². The van der Waals surface area contributed by atoms with Crippen molar-refractivity contribution in [3.63, 3.8) is 0 Å². The molecule has 0 aromatic heterocycles. The van der Waals surface area contributed by atoms with Crippen molar-refractivity contribution >= 4 is 17.3 Å². The molecule has 3 aliphatic rings. The number of hydrogen-bond donors (Lipinski definition) is 1. The Balaban J connectivity index is 1.55. The van der Waals surface area contributed by atoms with Gasteiger partial charge in [-0.3, -0.25) is 9.59 Å². The van der Waals surface area contributed by atoms with E-state index < -0.39 is 0 Å². The maximum atomic E-state index is 13.6. The zero-order valence-electron chi connectivity index (χ0n) is 17.6. The number of anilines is 1. The van der Waals surface area contributed by atoms with Crippen molar-refractivity contribution < 1.29 is 9.59 Å². The minimum atomic E-state index is -0.0526. The monoisotopic (exact) mass is 405 g/mol. The lowest BCUT2D eigenvalue weighted by molar-refractivity contribution is 0.0978. The second-order valence-electron chi connectivity index (χ2n) is 8.99. The molecule has 3 atom stereocenters. The topological polar surface area (TPSA) is 46.2 Å². The van der Waals surface area contributed by atoms with E-state index in [4.69, 9.17) is 0 Å². The Morgan fingerprint density at radius 1 is 0.871 bits per heavy atom. The number of ketones is 2. The quantitative estimate of drug-likeness (QED) is 0.401. The summed E-state index contributed by atoms with van der Waals surface area (Å²) in [5, 5.41) is 3.76. The number of benzene rings is 3. The minimum absolute atomic E-state index is 0.0342. The summed E-state index contributed by atoms with van der Waals surface area (Å²) >= 11 is 0. The van der Waals surface area contributed by atoms with E-state index in [9.17, 15) is 9.59 Å². The van der Waals surface area contributed by atoms with Crippen molar-refractivity contribution in [1.82, 2.24) is 0 Å². The van der Waals surface area contributed by atoms with Gasteiger partial charge in [-0.05, 0) is 55.0 Å². The summed E-state index contributed by atoms with van der Waals surface area (Å²) in [6, 6.07) is 17.8. The molecule has 2 aliphatic carbocycles. The van der Waals surface area contributed by atoms with Gasteiger partial charge in [-0.15, -0.1) is 0 Å². The van der Waals surface area contributed by atoms with E-state index in [1.54, 1.807) is 12.1 Å². The average Bonchev–Trinajstić information content (AvgIpc) is 3.28. The van der Waals surface area contributed by atoms with Crippen LogP contribution in [0.4, 0.5) is 5.69 Å². The third-order valence-corrected chi connectivity index (χ3v) is 7.19. The van der Waals surface area contributed by atoms with Crippen LogP contribution in [-0.4, -0.2) is 11.6 Å². The largest absolute Gasteiger partial charge is 0.378 e. The van der Waals surface area contributed by atoms with E-state index >= 15 is 0 Å². The first-order valence-electron chi connectivity index (χ1n) is 10.9. The molecule has 3 aromatic rings. The summed E-state index contributed by atoms with van der Waals surface area (Å²) in [5.74, 6) is 0.356. The molecule has 3 nitrogen and oxygen atoms in total. The molecule has 0 bridgehead atoms. The third kappa shape index (κ3) is 2.53. The number of allylic oxidation sites excluding steroid dienone is 2. The lowest BCUT2D eigenvalue weighted by atomic mass is 9.71. The van der Waals surface area contributed by atoms with E-state index in [1.165, 1.54) is 16.7 Å². The van der Waals surface area contributed by atoms with Crippen molar-refractivity contribution in [2.75, 3.05) is 5.32 Å². The van der Waals surface area contributed by atoms with Crippen LogP contribution < -0.4 is 5.32 Å². The van der Waals surface area contributed by atoms with Crippen LogP contribution >= 0.6 is 0 Å². The molecule has 0 saturated heterocycles. The number of carbonyl (C=O) groups is 2. The van der Waals surface area contributed by atoms with Crippen LogP contribution in [0.3, 0.4) is 0 Å². The maximum absolute atomic E-state index is 13.6. The fourth-order valence-electron chi connectivity index (χ4n) is 5.69. The standard InChI is InChI=1S/C28H23NO2/c1-15-10-11-16(2)22(14-15)26-18-9-5-8-17(18)24-23(29-26)13-12-21-25(24)28(31)20-7-4-3-6-19(20)27(21)30/h3-8,10-14,17-18,26,29H,9H2,1-2H3/t17-,18+,26-/m1/s1. The van der Waals surface area contributed by atoms with Crippen molar-refractivity contribution in [1.29, 1.82) is 0 Å². The second kappa shape index (κ2) is 6.52. The van der Waals surface area contributed by atoms with Crippen molar-refractivity contribution in [3.8, 4) is 0 Å². The molecular formula is C28H23NO2. The van der Waals surface area contributed by atoms with E-state index in [-0.39, 0.29) is 23.5 Å². The zero-order valence-corrected chi connectivity index (χ0v) is 17.6. The first-order valence-corrected chi connectivity index (χ1v) is 10.9. The van der Waals surface area contributed by atoms with Gasteiger partial charge in [-0.2, -0.15) is 0 Å². The molecule has 3 heteroatoms. The number of hydrogen-bond acceptors (Lipinski definition) is 3. The number of nitrogens with one attached hydrogen (secondary N) is 1. The van der Waals surface area contributed by atoms with E-state index in [2.05, 4.69) is 49.5 Å². The molecule has 0 fully saturated rings. The van der Waals surface area contributed by atoms with Crippen molar-refractivity contribution in [3.05, 3.63) is 111 Å². The normalized spacial score (nSPS) is 23.0. The Hall–Kier alpha value is -3.46. The summed E-state index contributed by atoms with van der Waals surface area (Å²) in [6.07, 6.45) is 5.42.